The molecule has 0 aliphatic heterocycles. The lowest BCUT2D eigenvalue weighted by atomic mass is 9.78. The number of Topliss-reactive ketones (excluding diaryl/α,β-unsaturated/α-hetero) is 1. The molecule has 0 radical (unpaired) electrons. The number of carbonyl (C=O) groups is 1. The molecule has 0 aliphatic carbocycles. The van der Waals surface area contributed by atoms with Gasteiger partial charge in [0.15, 0.2) is 0 Å². The van der Waals surface area contributed by atoms with Crippen LogP contribution in [0.5, 0.6) is 5.75 Å². The Morgan fingerprint density at radius 2 is 1.52 bits per heavy atom. The molecule has 0 saturated carbocycles. The minimum Gasteiger partial charge on any atom is -0.507 e. The summed E-state index contributed by atoms with van der Waals surface area (Å²) in [5, 5.41) is 10.7. The number of benzene rings is 1. The molecule has 1 rings (SSSR count). The molecule has 126 valence electrons. The fourth-order valence-electron chi connectivity index (χ4n) is 2.27. The smallest absolute Gasteiger partial charge is 0.235 e. The fraction of sp³-hybridized carbons (Fsp3) is 0.571. The van der Waals surface area contributed by atoms with Crippen LogP contribution in [0.2, 0.25) is 0 Å². The Morgan fingerprint density at radius 1 is 1.09 bits per heavy atom. The van der Waals surface area contributed by atoms with E-state index < -0.39 is 0 Å². The molecule has 1 unspecified atom stereocenters. The molecular formula is C21H30O2. The molecule has 1 aromatic carbocycles. The molecule has 1 aromatic rings. The van der Waals surface area contributed by atoms with Crippen molar-refractivity contribution >= 4 is 5.78 Å². The monoisotopic (exact) mass is 314 g/mol. The average Bonchev–Trinajstić information content (AvgIpc) is 2.41. The molecule has 2 heteroatoms. The maximum atomic E-state index is 12.5. The van der Waals surface area contributed by atoms with E-state index in [4.69, 9.17) is 0 Å². The summed E-state index contributed by atoms with van der Waals surface area (Å²) < 4.78 is 0. The van der Waals surface area contributed by atoms with E-state index in [1.807, 2.05) is 48.5 Å². The van der Waals surface area contributed by atoms with Crippen LogP contribution >= 0.6 is 0 Å². The van der Waals surface area contributed by atoms with Gasteiger partial charge in [0.2, 0.25) is 5.78 Å². The zero-order valence-corrected chi connectivity index (χ0v) is 15.8. The summed E-state index contributed by atoms with van der Waals surface area (Å²) in [6, 6.07) is 3.58. The van der Waals surface area contributed by atoms with E-state index in [-0.39, 0.29) is 28.3 Å². The van der Waals surface area contributed by atoms with Crippen LogP contribution in [-0.4, -0.2) is 10.9 Å². The highest BCUT2D eigenvalue weighted by Gasteiger charge is 2.27. The van der Waals surface area contributed by atoms with Crippen LogP contribution in [0.15, 0.2) is 12.1 Å². The summed E-state index contributed by atoms with van der Waals surface area (Å²) in [5.41, 5.74) is 1.65. The third-order valence-electron chi connectivity index (χ3n) is 4.03. The summed E-state index contributed by atoms with van der Waals surface area (Å²) in [4.78, 5) is 12.5. The van der Waals surface area contributed by atoms with Crippen LogP contribution in [0.25, 0.3) is 0 Å². The molecule has 0 spiro atoms. The van der Waals surface area contributed by atoms with Crippen molar-refractivity contribution in [3.63, 3.8) is 0 Å². The van der Waals surface area contributed by atoms with E-state index in [9.17, 15) is 9.90 Å². The Labute approximate surface area is 141 Å². The van der Waals surface area contributed by atoms with Gasteiger partial charge in [0, 0.05) is 22.6 Å². The molecular weight excluding hydrogens is 284 g/mol. The summed E-state index contributed by atoms with van der Waals surface area (Å²) in [6.45, 7) is 16.3. The molecule has 0 aromatic heterocycles. The number of phenols is 1. The summed E-state index contributed by atoms with van der Waals surface area (Å²) >= 11 is 0. The molecule has 0 aliphatic rings. The third-order valence-corrected chi connectivity index (χ3v) is 4.03. The second-order valence-corrected chi connectivity index (χ2v) is 8.33. The highest BCUT2D eigenvalue weighted by Crippen LogP contribution is 2.39. The standard InChI is InChI=1S/C21H30O2/c1-9-14(2)10-11-18(22)15-12-16(20(3,4)5)19(23)17(13-15)21(6,7)8/h12-14,23H,9H2,1-8H3. The van der Waals surface area contributed by atoms with Gasteiger partial charge < -0.3 is 5.11 Å². The fourth-order valence-corrected chi connectivity index (χ4v) is 2.27. The van der Waals surface area contributed by atoms with Crippen molar-refractivity contribution in [1.29, 1.82) is 0 Å². The third kappa shape index (κ3) is 4.86. The summed E-state index contributed by atoms with van der Waals surface area (Å²) in [5.74, 6) is 6.07. The zero-order valence-electron chi connectivity index (χ0n) is 15.8. The van der Waals surface area contributed by atoms with Crippen LogP contribution in [0.1, 0.15) is 83.3 Å². The van der Waals surface area contributed by atoms with Gasteiger partial charge >= 0.3 is 0 Å². The highest BCUT2D eigenvalue weighted by molar-refractivity contribution is 6.09. The van der Waals surface area contributed by atoms with Gasteiger partial charge in [-0.3, -0.25) is 4.79 Å². The van der Waals surface area contributed by atoms with Crippen molar-refractivity contribution in [2.24, 2.45) is 5.92 Å². The van der Waals surface area contributed by atoms with Crippen LogP contribution in [-0.2, 0) is 10.8 Å². The molecule has 23 heavy (non-hydrogen) atoms. The van der Waals surface area contributed by atoms with E-state index in [2.05, 4.69) is 18.8 Å². The molecule has 0 amide bonds. The highest BCUT2D eigenvalue weighted by atomic mass is 16.3. The normalized spacial score (nSPS) is 13.2. The Morgan fingerprint density at radius 3 is 1.87 bits per heavy atom. The van der Waals surface area contributed by atoms with Crippen molar-refractivity contribution in [1.82, 2.24) is 0 Å². The molecule has 0 heterocycles. The van der Waals surface area contributed by atoms with Gasteiger partial charge in [-0.15, -0.1) is 0 Å². The van der Waals surface area contributed by atoms with E-state index in [1.54, 1.807) is 12.1 Å². The maximum Gasteiger partial charge on any atom is 0.235 e. The van der Waals surface area contributed by atoms with Gasteiger partial charge in [0.05, 0.1) is 0 Å². The topological polar surface area (TPSA) is 37.3 Å². The summed E-state index contributed by atoms with van der Waals surface area (Å²) in [7, 11) is 0. The quantitative estimate of drug-likeness (QED) is 0.461. The van der Waals surface area contributed by atoms with Crippen molar-refractivity contribution in [3.8, 4) is 17.6 Å². The first-order chi connectivity index (χ1) is 10.4. The van der Waals surface area contributed by atoms with Crippen molar-refractivity contribution in [2.45, 2.75) is 72.6 Å². The van der Waals surface area contributed by atoms with Gasteiger partial charge in [-0.25, -0.2) is 0 Å². The Hall–Kier alpha value is -1.75. The van der Waals surface area contributed by atoms with Crippen LogP contribution in [0, 0.1) is 17.8 Å². The first-order valence-electron chi connectivity index (χ1n) is 8.31. The van der Waals surface area contributed by atoms with Crippen molar-refractivity contribution < 1.29 is 9.90 Å². The first-order valence-corrected chi connectivity index (χ1v) is 8.31. The second-order valence-electron chi connectivity index (χ2n) is 8.33. The maximum absolute atomic E-state index is 12.5. The SMILES string of the molecule is CCC(C)C#CC(=O)c1cc(C(C)(C)C)c(O)c(C(C)(C)C)c1. The number of hydrogen-bond donors (Lipinski definition) is 1. The Kier molecular flexibility index (Phi) is 5.69. The molecule has 1 atom stereocenters. The lowest BCUT2D eigenvalue weighted by Gasteiger charge is -2.27. The lowest BCUT2D eigenvalue weighted by Crippen LogP contribution is -2.18. The zero-order chi connectivity index (χ0) is 18.0. The largest absolute Gasteiger partial charge is 0.507 e. The second kappa shape index (κ2) is 6.79. The number of rotatable bonds is 2. The minimum atomic E-state index is -0.246. The molecule has 2 nitrogen and oxygen atoms in total. The number of aromatic hydroxyl groups is 1. The number of ketones is 1. The molecule has 0 bridgehead atoms. The predicted molar refractivity (Wildman–Crippen MR) is 97.1 cm³/mol. The first kappa shape index (κ1) is 19.3. The van der Waals surface area contributed by atoms with Gasteiger partial charge in [0.1, 0.15) is 5.75 Å². The number of carbonyl (C=O) groups excluding carboxylic acids is 1. The van der Waals surface area contributed by atoms with E-state index in [0.29, 0.717) is 5.56 Å². The van der Waals surface area contributed by atoms with Crippen molar-refractivity contribution in [2.75, 3.05) is 0 Å². The lowest BCUT2D eigenvalue weighted by molar-refractivity contribution is 0.105. The van der Waals surface area contributed by atoms with Gasteiger partial charge in [0.25, 0.3) is 0 Å². The van der Waals surface area contributed by atoms with Crippen LogP contribution < -0.4 is 0 Å². The van der Waals surface area contributed by atoms with Gasteiger partial charge in [-0.05, 0) is 35.3 Å². The van der Waals surface area contributed by atoms with Gasteiger partial charge in [-0.2, -0.15) is 0 Å². The van der Waals surface area contributed by atoms with Crippen molar-refractivity contribution in [3.05, 3.63) is 28.8 Å². The summed E-state index contributed by atoms with van der Waals surface area (Å²) in [6.07, 6.45) is 0.927. The van der Waals surface area contributed by atoms with E-state index >= 15 is 0 Å². The molecule has 0 saturated heterocycles. The van der Waals surface area contributed by atoms with E-state index in [0.717, 1.165) is 17.5 Å². The van der Waals surface area contributed by atoms with E-state index in [1.165, 1.54) is 0 Å². The minimum absolute atomic E-state index is 0.179. The van der Waals surface area contributed by atoms with Gasteiger partial charge in [-0.1, -0.05) is 61.3 Å². The van der Waals surface area contributed by atoms with Crippen LogP contribution in [0.4, 0.5) is 0 Å². The number of hydrogen-bond acceptors (Lipinski definition) is 2. The number of phenolic OH excluding ortho intramolecular Hbond substituents is 1. The average molecular weight is 314 g/mol. The Balaban J connectivity index is 3.50. The molecule has 1 N–H and O–H groups in total. The molecule has 0 fully saturated rings. The Bertz CT molecular complexity index is 608. The van der Waals surface area contributed by atoms with Crippen LogP contribution in [0.3, 0.4) is 0 Å². The predicted octanol–water partition coefficient (Wildman–Crippen LogP) is 5.22.